The molecule has 0 atom stereocenters. The second kappa shape index (κ2) is 4.24. The predicted molar refractivity (Wildman–Crippen MR) is 41.4 cm³/mol. The Morgan fingerprint density at radius 3 is 1.80 bits per heavy atom. The molecule has 4 heteroatoms. The van der Waals surface area contributed by atoms with Crippen LogP contribution in [-0.2, 0) is 4.52 Å². The maximum absolute atomic E-state index is 8.55. The molecule has 3 nitrogen and oxygen atoms in total. The summed E-state index contributed by atoms with van der Waals surface area (Å²) in [5, 5.41) is 0. The fourth-order valence-corrected chi connectivity index (χ4v) is 1.23. The minimum absolute atomic E-state index is 0.366. The second-order valence-corrected chi connectivity index (χ2v) is 3.19. The fourth-order valence-electron chi connectivity index (χ4n) is 0.576. The third kappa shape index (κ3) is 3.47. The topological polar surface area (TPSA) is 49.7 Å². The molecule has 0 spiro atoms. The molecule has 0 aromatic rings. The smallest absolute Gasteiger partial charge is 0.327 e. The van der Waals surface area contributed by atoms with Crippen LogP contribution in [0.2, 0.25) is 0 Å². The lowest BCUT2D eigenvalue weighted by Gasteiger charge is -2.26. The number of hydrogen-bond acceptors (Lipinski definition) is 3. The van der Waals surface area contributed by atoms with Crippen LogP contribution < -0.4 is 0 Å². The van der Waals surface area contributed by atoms with Gasteiger partial charge in [-0.05, 0) is 19.8 Å². The Morgan fingerprint density at radius 2 is 1.70 bits per heavy atom. The highest BCUT2D eigenvalue weighted by Crippen LogP contribution is 2.35. The molecule has 0 heterocycles. The summed E-state index contributed by atoms with van der Waals surface area (Å²) in [4.78, 5) is 17.1. The first kappa shape index (κ1) is 10.3. The normalized spacial score (nSPS) is 12.6. The molecule has 0 saturated heterocycles. The lowest BCUT2D eigenvalue weighted by atomic mass is 10.0. The van der Waals surface area contributed by atoms with Crippen molar-refractivity contribution in [2.24, 2.45) is 0 Å². The van der Waals surface area contributed by atoms with Gasteiger partial charge >= 0.3 is 8.60 Å². The first-order valence-electron chi connectivity index (χ1n) is 3.41. The van der Waals surface area contributed by atoms with E-state index in [-0.39, 0.29) is 5.60 Å². The van der Waals surface area contributed by atoms with Gasteiger partial charge in [0.25, 0.3) is 0 Å². The zero-order chi connectivity index (χ0) is 8.20. The molecule has 10 heavy (non-hydrogen) atoms. The molecule has 0 amide bonds. The highest BCUT2D eigenvalue weighted by Gasteiger charge is 2.23. The molecule has 62 valence electrons. The van der Waals surface area contributed by atoms with Gasteiger partial charge in [-0.25, -0.2) is 0 Å². The van der Waals surface area contributed by atoms with Gasteiger partial charge < -0.3 is 14.3 Å². The lowest BCUT2D eigenvalue weighted by Crippen LogP contribution is -2.24. The van der Waals surface area contributed by atoms with Crippen LogP contribution >= 0.6 is 8.60 Å². The van der Waals surface area contributed by atoms with E-state index in [9.17, 15) is 0 Å². The molecule has 0 aliphatic rings. The van der Waals surface area contributed by atoms with Crippen LogP contribution in [0, 0.1) is 0 Å². The summed E-state index contributed by atoms with van der Waals surface area (Å²) in [6, 6.07) is 0. The molecule has 2 N–H and O–H groups in total. The van der Waals surface area contributed by atoms with Crippen LogP contribution in [0.4, 0.5) is 0 Å². The van der Waals surface area contributed by atoms with Gasteiger partial charge in [-0.3, -0.25) is 0 Å². The first-order valence-corrected chi connectivity index (χ1v) is 4.57. The highest BCUT2D eigenvalue weighted by molar-refractivity contribution is 7.39. The van der Waals surface area contributed by atoms with Crippen molar-refractivity contribution in [3.63, 3.8) is 0 Å². The molecule has 0 aliphatic carbocycles. The Kier molecular flexibility index (Phi) is 4.37. The fraction of sp³-hybridized carbons (Fsp3) is 1.00. The van der Waals surface area contributed by atoms with Gasteiger partial charge in [-0.2, -0.15) is 0 Å². The largest absolute Gasteiger partial charge is 0.328 e. The first-order chi connectivity index (χ1) is 4.54. The molecule has 0 aromatic heterocycles. The summed E-state index contributed by atoms with van der Waals surface area (Å²) < 4.78 is 4.91. The minimum atomic E-state index is -2.20. The summed E-state index contributed by atoms with van der Waals surface area (Å²) in [7, 11) is -2.20. The molecular weight excluding hydrogens is 151 g/mol. The number of rotatable bonds is 4. The molecule has 0 radical (unpaired) electrons. The monoisotopic (exact) mass is 166 g/mol. The van der Waals surface area contributed by atoms with Crippen molar-refractivity contribution in [3.05, 3.63) is 0 Å². The van der Waals surface area contributed by atoms with Crippen molar-refractivity contribution in [1.82, 2.24) is 0 Å². The van der Waals surface area contributed by atoms with Crippen molar-refractivity contribution in [2.45, 2.75) is 39.2 Å². The third-order valence-corrected chi connectivity index (χ3v) is 2.40. The zero-order valence-electron chi connectivity index (χ0n) is 6.66. The van der Waals surface area contributed by atoms with E-state index < -0.39 is 8.60 Å². The lowest BCUT2D eigenvalue weighted by molar-refractivity contribution is 0.0647. The van der Waals surface area contributed by atoms with Crippen LogP contribution in [-0.4, -0.2) is 15.4 Å². The van der Waals surface area contributed by atoms with Gasteiger partial charge in [0.2, 0.25) is 0 Å². The van der Waals surface area contributed by atoms with Crippen LogP contribution in [0.5, 0.6) is 0 Å². The van der Waals surface area contributed by atoms with Gasteiger partial charge in [0.1, 0.15) is 0 Å². The van der Waals surface area contributed by atoms with Crippen molar-refractivity contribution >= 4 is 8.60 Å². The summed E-state index contributed by atoms with van der Waals surface area (Å²) in [5.41, 5.74) is -0.366. The van der Waals surface area contributed by atoms with Gasteiger partial charge in [-0.1, -0.05) is 13.8 Å². The average molecular weight is 166 g/mol. The maximum Gasteiger partial charge on any atom is 0.327 e. The highest BCUT2D eigenvalue weighted by atomic mass is 31.2. The molecule has 0 bridgehead atoms. The zero-order valence-corrected chi connectivity index (χ0v) is 7.56. The van der Waals surface area contributed by atoms with E-state index in [4.69, 9.17) is 14.3 Å². The van der Waals surface area contributed by atoms with E-state index in [1.807, 2.05) is 20.8 Å². The molecule has 0 unspecified atom stereocenters. The summed E-state index contributed by atoms with van der Waals surface area (Å²) in [6.07, 6.45) is 1.59. The van der Waals surface area contributed by atoms with Crippen molar-refractivity contribution in [3.8, 4) is 0 Å². The average Bonchev–Trinajstić information content (AvgIpc) is 1.87. The SMILES string of the molecule is CCC(C)(CC)OP(O)O. The van der Waals surface area contributed by atoms with Gasteiger partial charge in [0, 0.05) is 0 Å². The van der Waals surface area contributed by atoms with Gasteiger partial charge in [0.05, 0.1) is 5.60 Å². The van der Waals surface area contributed by atoms with Gasteiger partial charge in [0.15, 0.2) is 0 Å². The van der Waals surface area contributed by atoms with Crippen LogP contribution in [0.3, 0.4) is 0 Å². The predicted octanol–water partition coefficient (Wildman–Crippen LogP) is 1.79. The summed E-state index contributed by atoms with van der Waals surface area (Å²) >= 11 is 0. The van der Waals surface area contributed by atoms with E-state index in [2.05, 4.69) is 0 Å². The van der Waals surface area contributed by atoms with Crippen molar-refractivity contribution in [1.29, 1.82) is 0 Å². The molecule has 0 rings (SSSR count). The molecular formula is C6H15O3P. The van der Waals surface area contributed by atoms with E-state index in [0.29, 0.717) is 0 Å². The third-order valence-electron chi connectivity index (χ3n) is 1.80. The van der Waals surface area contributed by atoms with Crippen LogP contribution in [0.15, 0.2) is 0 Å². The summed E-state index contributed by atoms with van der Waals surface area (Å²) in [5.74, 6) is 0. The quantitative estimate of drug-likeness (QED) is 0.626. The Labute approximate surface area is 63.0 Å². The maximum atomic E-state index is 8.55. The molecule has 0 aliphatic heterocycles. The Bertz CT molecular complexity index is 91.0. The molecule has 0 aromatic carbocycles. The standard InChI is InChI=1S/C6H15O3P/c1-4-6(3,5-2)9-10(7)8/h7-8H,4-5H2,1-3H3. The van der Waals surface area contributed by atoms with E-state index >= 15 is 0 Å². The molecule has 0 fully saturated rings. The second-order valence-electron chi connectivity index (χ2n) is 2.50. The van der Waals surface area contributed by atoms with Crippen LogP contribution in [0.1, 0.15) is 33.6 Å². The summed E-state index contributed by atoms with van der Waals surface area (Å²) in [6.45, 7) is 5.79. The minimum Gasteiger partial charge on any atom is -0.328 e. The van der Waals surface area contributed by atoms with Gasteiger partial charge in [-0.15, -0.1) is 0 Å². The van der Waals surface area contributed by atoms with E-state index in [0.717, 1.165) is 12.8 Å². The van der Waals surface area contributed by atoms with E-state index in [1.54, 1.807) is 0 Å². The van der Waals surface area contributed by atoms with E-state index in [1.165, 1.54) is 0 Å². The Morgan fingerprint density at radius 1 is 1.30 bits per heavy atom. The van der Waals surface area contributed by atoms with Crippen LogP contribution in [0.25, 0.3) is 0 Å². The Balaban J connectivity index is 3.80. The Hall–Kier alpha value is 0.310. The van der Waals surface area contributed by atoms with Crippen molar-refractivity contribution < 1.29 is 14.3 Å². The van der Waals surface area contributed by atoms with Crippen molar-refractivity contribution in [2.75, 3.05) is 0 Å². The molecule has 0 saturated carbocycles. The number of hydrogen-bond donors (Lipinski definition) is 2.